The van der Waals surface area contributed by atoms with Gasteiger partial charge in [-0.1, -0.05) is 0 Å². The number of hydrogen-bond donors (Lipinski definition) is 2. The van der Waals surface area contributed by atoms with Crippen LogP contribution in [0, 0.1) is 5.82 Å². The van der Waals surface area contributed by atoms with Gasteiger partial charge in [0.1, 0.15) is 5.82 Å². The number of nitrogens with zero attached hydrogens (tertiary/aromatic N) is 2. The summed E-state index contributed by atoms with van der Waals surface area (Å²) in [6.45, 7) is 0. The first-order chi connectivity index (χ1) is 9.97. The molecule has 0 aliphatic rings. The van der Waals surface area contributed by atoms with Gasteiger partial charge in [-0.05, 0) is 30.3 Å². The Morgan fingerprint density at radius 1 is 1.38 bits per heavy atom. The first kappa shape index (κ1) is 14.4. The molecule has 1 aromatic carbocycles. The summed E-state index contributed by atoms with van der Waals surface area (Å²) in [7, 11) is 1.72. The second-order valence-corrected chi connectivity index (χ2v) is 4.20. The standard InChI is InChI=1S/C14H12FN3O3/c1-18-10(6-7-16-18)3-5-13(19)17-12-4-2-9(14(20)21)8-11(12)15/h2-8H,1H3,(H,17,19)(H,20,21). The number of aromatic nitrogens is 2. The Balaban J connectivity index is 2.08. The van der Waals surface area contributed by atoms with Crippen LogP contribution in [-0.4, -0.2) is 26.8 Å². The van der Waals surface area contributed by atoms with Gasteiger partial charge >= 0.3 is 5.97 Å². The number of aromatic carboxylic acids is 1. The number of hydrogen-bond acceptors (Lipinski definition) is 3. The lowest BCUT2D eigenvalue weighted by Crippen LogP contribution is -2.10. The van der Waals surface area contributed by atoms with Gasteiger partial charge in [-0.3, -0.25) is 9.48 Å². The van der Waals surface area contributed by atoms with Crippen molar-refractivity contribution in [3.8, 4) is 0 Å². The van der Waals surface area contributed by atoms with Crippen molar-refractivity contribution in [1.82, 2.24) is 9.78 Å². The van der Waals surface area contributed by atoms with E-state index in [0.717, 1.165) is 6.07 Å². The van der Waals surface area contributed by atoms with Gasteiger partial charge in [-0.25, -0.2) is 9.18 Å². The molecule has 0 aliphatic carbocycles. The third kappa shape index (κ3) is 3.53. The maximum atomic E-state index is 13.6. The minimum Gasteiger partial charge on any atom is -0.478 e. The number of carboxylic acid groups (broad SMARTS) is 1. The van der Waals surface area contributed by atoms with Crippen LogP contribution in [0.4, 0.5) is 10.1 Å². The third-order valence-electron chi connectivity index (χ3n) is 2.74. The van der Waals surface area contributed by atoms with E-state index >= 15 is 0 Å². The van der Waals surface area contributed by atoms with Gasteiger partial charge in [0, 0.05) is 19.3 Å². The smallest absolute Gasteiger partial charge is 0.335 e. The minimum absolute atomic E-state index is 0.0837. The quantitative estimate of drug-likeness (QED) is 0.842. The van der Waals surface area contributed by atoms with Crippen molar-refractivity contribution in [2.24, 2.45) is 7.05 Å². The van der Waals surface area contributed by atoms with Crippen molar-refractivity contribution in [3.05, 3.63) is 53.6 Å². The number of nitrogens with one attached hydrogen (secondary N) is 1. The van der Waals surface area contributed by atoms with Gasteiger partial charge in [0.2, 0.25) is 5.91 Å². The van der Waals surface area contributed by atoms with E-state index in [-0.39, 0.29) is 11.3 Å². The number of aryl methyl sites for hydroxylation is 1. The summed E-state index contributed by atoms with van der Waals surface area (Å²) in [5.74, 6) is -2.57. The molecule has 2 rings (SSSR count). The zero-order valence-electron chi connectivity index (χ0n) is 11.1. The summed E-state index contributed by atoms with van der Waals surface area (Å²) in [4.78, 5) is 22.4. The Labute approximate surface area is 119 Å². The van der Waals surface area contributed by atoms with E-state index in [0.29, 0.717) is 5.69 Å². The van der Waals surface area contributed by atoms with E-state index in [4.69, 9.17) is 5.11 Å². The molecule has 0 spiro atoms. The molecule has 1 aromatic heterocycles. The Kier molecular flexibility index (Phi) is 4.13. The van der Waals surface area contributed by atoms with Gasteiger partial charge in [-0.2, -0.15) is 5.10 Å². The van der Waals surface area contributed by atoms with Gasteiger partial charge < -0.3 is 10.4 Å². The lowest BCUT2D eigenvalue weighted by atomic mass is 10.2. The van der Waals surface area contributed by atoms with E-state index in [2.05, 4.69) is 10.4 Å². The number of amides is 1. The normalized spacial score (nSPS) is 10.8. The zero-order valence-corrected chi connectivity index (χ0v) is 11.1. The molecule has 0 saturated heterocycles. The topological polar surface area (TPSA) is 84.2 Å². The van der Waals surface area contributed by atoms with Crippen LogP contribution in [0.3, 0.4) is 0 Å². The molecule has 0 fully saturated rings. The Bertz CT molecular complexity index is 722. The van der Waals surface area contributed by atoms with Crippen LogP contribution in [0.15, 0.2) is 36.5 Å². The molecular formula is C14H12FN3O3. The van der Waals surface area contributed by atoms with Crippen molar-refractivity contribution in [1.29, 1.82) is 0 Å². The average Bonchev–Trinajstić information content (AvgIpc) is 2.84. The van der Waals surface area contributed by atoms with Gasteiger partial charge in [0.15, 0.2) is 0 Å². The molecule has 2 aromatic rings. The van der Waals surface area contributed by atoms with Crippen LogP contribution in [0.25, 0.3) is 6.08 Å². The molecule has 0 saturated carbocycles. The summed E-state index contributed by atoms with van der Waals surface area (Å²) in [5, 5.41) is 15.0. The number of carbonyl (C=O) groups excluding carboxylic acids is 1. The van der Waals surface area contributed by atoms with Crippen molar-refractivity contribution in [2.45, 2.75) is 0 Å². The Morgan fingerprint density at radius 2 is 2.14 bits per heavy atom. The molecular weight excluding hydrogens is 277 g/mol. The largest absolute Gasteiger partial charge is 0.478 e. The first-order valence-electron chi connectivity index (χ1n) is 5.97. The fraction of sp³-hybridized carbons (Fsp3) is 0.0714. The number of carbonyl (C=O) groups is 2. The predicted molar refractivity (Wildman–Crippen MR) is 74.2 cm³/mol. The van der Waals surface area contributed by atoms with Gasteiger partial charge in [-0.15, -0.1) is 0 Å². The van der Waals surface area contributed by atoms with Crippen molar-refractivity contribution in [3.63, 3.8) is 0 Å². The summed E-state index contributed by atoms with van der Waals surface area (Å²) >= 11 is 0. The second-order valence-electron chi connectivity index (χ2n) is 4.20. The lowest BCUT2D eigenvalue weighted by molar-refractivity contribution is -0.111. The Morgan fingerprint density at radius 3 is 2.71 bits per heavy atom. The molecule has 7 heteroatoms. The van der Waals surface area contributed by atoms with E-state index in [9.17, 15) is 14.0 Å². The third-order valence-corrected chi connectivity index (χ3v) is 2.74. The molecule has 0 radical (unpaired) electrons. The second kappa shape index (κ2) is 6.00. The lowest BCUT2D eigenvalue weighted by Gasteiger charge is -2.04. The molecule has 0 unspecified atom stereocenters. The van der Waals surface area contributed by atoms with Crippen molar-refractivity contribution >= 4 is 23.6 Å². The molecule has 0 bridgehead atoms. The van der Waals surface area contributed by atoms with Crippen molar-refractivity contribution < 1.29 is 19.1 Å². The van der Waals surface area contributed by atoms with Gasteiger partial charge in [0.25, 0.3) is 0 Å². The molecule has 0 aliphatic heterocycles. The SMILES string of the molecule is Cn1nccc1C=CC(=O)Nc1ccc(C(=O)O)cc1F. The maximum absolute atomic E-state index is 13.6. The molecule has 6 nitrogen and oxygen atoms in total. The highest BCUT2D eigenvalue weighted by Gasteiger charge is 2.09. The van der Waals surface area contributed by atoms with Crippen molar-refractivity contribution in [2.75, 3.05) is 5.32 Å². The highest BCUT2D eigenvalue weighted by Crippen LogP contribution is 2.16. The van der Waals surface area contributed by atoms with Crippen LogP contribution < -0.4 is 5.32 Å². The average molecular weight is 289 g/mol. The van der Waals surface area contributed by atoms with E-state index in [1.54, 1.807) is 24.0 Å². The molecule has 2 N–H and O–H groups in total. The number of rotatable bonds is 4. The number of anilines is 1. The maximum Gasteiger partial charge on any atom is 0.335 e. The summed E-state index contributed by atoms with van der Waals surface area (Å²) < 4.78 is 15.2. The monoisotopic (exact) mass is 289 g/mol. The van der Waals surface area contributed by atoms with E-state index in [1.807, 2.05) is 0 Å². The zero-order chi connectivity index (χ0) is 15.4. The minimum atomic E-state index is -1.23. The molecule has 1 amide bonds. The van der Waals surface area contributed by atoms with Crippen LogP contribution in [-0.2, 0) is 11.8 Å². The summed E-state index contributed by atoms with van der Waals surface area (Å²) in [6, 6.07) is 4.98. The van der Waals surface area contributed by atoms with E-state index < -0.39 is 17.7 Å². The first-order valence-corrected chi connectivity index (χ1v) is 5.97. The van der Waals surface area contributed by atoms with Crippen LogP contribution in [0.1, 0.15) is 16.1 Å². The Hall–Kier alpha value is -2.96. The molecule has 21 heavy (non-hydrogen) atoms. The van der Waals surface area contributed by atoms with Crippen LogP contribution >= 0.6 is 0 Å². The summed E-state index contributed by atoms with van der Waals surface area (Å²) in [5.41, 5.74) is 0.447. The number of benzene rings is 1. The summed E-state index contributed by atoms with van der Waals surface area (Å²) in [6.07, 6.45) is 4.36. The van der Waals surface area contributed by atoms with Crippen LogP contribution in [0.2, 0.25) is 0 Å². The van der Waals surface area contributed by atoms with E-state index in [1.165, 1.54) is 24.3 Å². The number of halogens is 1. The van der Waals surface area contributed by atoms with Gasteiger partial charge in [0.05, 0.1) is 16.9 Å². The predicted octanol–water partition coefficient (Wildman–Crippen LogP) is 1.91. The molecule has 108 valence electrons. The molecule has 0 atom stereocenters. The van der Waals surface area contributed by atoms with Crippen LogP contribution in [0.5, 0.6) is 0 Å². The molecule has 1 heterocycles. The fourth-order valence-electron chi connectivity index (χ4n) is 1.63. The highest BCUT2D eigenvalue weighted by molar-refractivity contribution is 6.02. The fourth-order valence-corrected chi connectivity index (χ4v) is 1.63. The highest BCUT2D eigenvalue weighted by atomic mass is 19.1. The number of carboxylic acids is 1.